The van der Waals surface area contributed by atoms with Crippen molar-refractivity contribution in [2.75, 3.05) is 95.5 Å². The van der Waals surface area contributed by atoms with Gasteiger partial charge in [-0.2, -0.15) is 82.3 Å². The van der Waals surface area contributed by atoms with Crippen molar-refractivity contribution in [2.45, 2.75) is 34.9 Å². The summed E-state index contributed by atoms with van der Waals surface area (Å²) in [7, 11) is 0. The van der Waals surface area contributed by atoms with Crippen molar-refractivity contribution < 1.29 is 18.9 Å². The van der Waals surface area contributed by atoms with Crippen LogP contribution in [0.25, 0.3) is 0 Å². The minimum atomic E-state index is 0.535. The van der Waals surface area contributed by atoms with Crippen LogP contribution < -0.4 is 0 Å². The second kappa shape index (κ2) is 17.0. The molecule has 33 heavy (non-hydrogen) atoms. The van der Waals surface area contributed by atoms with Crippen LogP contribution in [0, 0.1) is 0 Å². The maximum Gasteiger partial charge on any atom is 0.0900 e. The van der Waals surface area contributed by atoms with Crippen LogP contribution in [0.4, 0.5) is 0 Å². The summed E-state index contributed by atoms with van der Waals surface area (Å²) in [6.45, 7) is 3.93. The topological polar surface area (TPSA) is 50.1 Å². The zero-order valence-electron chi connectivity index (χ0n) is 19.3. The molecule has 0 amide bonds. The first-order valence-corrected chi connectivity index (χ1v) is 19.8. The SMILES string of the molecule is C(CSCC(CSCC1CO1)SC(CSCCSCC1CO1)CSCC1CO1)SCC1CO1. The van der Waals surface area contributed by atoms with E-state index in [4.69, 9.17) is 18.9 Å². The van der Waals surface area contributed by atoms with Crippen molar-refractivity contribution in [3.63, 3.8) is 0 Å². The molecule has 0 aromatic rings. The molecule has 4 saturated heterocycles. The molecule has 0 bridgehead atoms. The third-order valence-corrected chi connectivity index (χ3v) is 14.9. The molecule has 0 radical (unpaired) electrons. The molecule has 192 valence electrons. The van der Waals surface area contributed by atoms with E-state index >= 15 is 0 Å². The van der Waals surface area contributed by atoms with Gasteiger partial charge in [-0.05, 0) is 0 Å². The highest BCUT2D eigenvalue weighted by Crippen LogP contribution is 2.31. The van der Waals surface area contributed by atoms with Crippen LogP contribution in [-0.4, -0.2) is 130 Å². The van der Waals surface area contributed by atoms with E-state index in [1.165, 1.54) is 69.0 Å². The number of ether oxygens (including phenoxy) is 4. The summed E-state index contributed by atoms with van der Waals surface area (Å²) >= 11 is 14.9. The van der Waals surface area contributed by atoms with Gasteiger partial charge < -0.3 is 18.9 Å². The Hall–Kier alpha value is 2.29. The Bertz CT molecular complexity index is 475. The third kappa shape index (κ3) is 15.3. The highest BCUT2D eigenvalue weighted by molar-refractivity contribution is 8.08. The van der Waals surface area contributed by atoms with Crippen molar-refractivity contribution in [2.24, 2.45) is 0 Å². The van der Waals surface area contributed by atoms with Crippen molar-refractivity contribution in [3.8, 4) is 0 Å². The lowest BCUT2D eigenvalue weighted by molar-refractivity contribution is 0.426. The molecule has 6 unspecified atom stereocenters. The number of epoxide rings is 4. The third-order valence-electron chi connectivity index (χ3n) is 5.17. The lowest BCUT2D eigenvalue weighted by atomic mass is 10.5. The van der Waals surface area contributed by atoms with Crippen LogP contribution in [0.1, 0.15) is 0 Å². The van der Waals surface area contributed by atoms with Gasteiger partial charge in [0.1, 0.15) is 0 Å². The molecule has 0 aliphatic carbocycles. The van der Waals surface area contributed by atoms with E-state index in [9.17, 15) is 0 Å². The van der Waals surface area contributed by atoms with Gasteiger partial charge in [-0.3, -0.25) is 0 Å². The van der Waals surface area contributed by atoms with Crippen LogP contribution in [0.3, 0.4) is 0 Å². The summed E-state index contributed by atoms with van der Waals surface area (Å²) in [4.78, 5) is 0. The van der Waals surface area contributed by atoms with Gasteiger partial charge in [0.25, 0.3) is 0 Å². The minimum Gasteiger partial charge on any atom is -0.372 e. The molecular weight excluding hydrogens is 553 g/mol. The van der Waals surface area contributed by atoms with E-state index in [1.54, 1.807) is 0 Å². The molecule has 0 aromatic heterocycles. The van der Waals surface area contributed by atoms with E-state index < -0.39 is 0 Å². The van der Waals surface area contributed by atoms with Crippen molar-refractivity contribution in [1.82, 2.24) is 0 Å². The largest absolute Gasteiger partial charge is 0.372 e. The molecule has 11 heteroatoms. The van der Waals surface area contributed by atoms with E-state index in [-0.39, 0.29) is 0 Å². The lowest BCUT2D eigenvalue weighted by Crippen LogP contribution is -2.21. The Morgan fingerprint density at radius 2 is 0.758 bits per heavy atom. The fourth-order valence-electron chi connectivity index (χ4n) is 2.94. The number of hydrogen-bond donors (Lipinski definition) is 0. The fraction of sp³-hybridized carbons (Fsp3) is 1.00. The zero-order chi connectivity index (χ0) is 22.6. The molecule has 4 aliphatic heterocycles. The summed E-state index contributed by atoms with van der Waals surface area (Å²) in [5.41, 5.74) is 0. The predicted octanol–water partition coefficient (Wildman–Crippen LogP) is 4.45. The Labute approximate surface area is 230 Å². The van der Waals surface area contributed by atoms with Crippen molar-refractivity contribution >= 4 is 82.3 Å². The van der Waals surface area contributed by atoms with Gasteiger partial charge in [0.15, 0.2) is 0 Å². The fourth-order valence-corrected chi connectivity index (χ4v) is 12.4. The predicted molar refractivity (Wildman–Crippen MR) is 158 cm³/mol. The van der Waals surface area contributed by atoms with Gasteiger partial charge in [0.05, 0.1) is 50.8 Å². The molecule has 4 heterocycles. The molecule has 4 fully saturated rings. The maximum atomic E-state index is 5.43. The summed E-state index contributed by atoms with van der Waals surface area (Å²) < 4.78 is 21.5. The van der Waals surface area contributed by atoms with Crippen LogP contribution >= 0.6 is 82.3 Å². The summed E-state index contributed by atoms with van der Waals surface area (Å²) in [6, 6.07) is 0. The Morgan fingerprint density at radius 1 is 0.455 bits per heavy atom. The first-order chi connectivity index (χ1) is 16.3. The minimum absolute atomic E-state index is 0.535. The van der Waals surface area contributed by atoms with E-state index in [0.717, 1.165) is 36.9 Å². The quantitative estimate of drug-likeness (QED) is 0.118. The van der Waals surface area contributed by atoms with E-state index in [0.29, 0.717) is 24.4 Å². The van der Waals surface area contributed by atoms with Gasteiger partial charge in [0, 0.05) is 79.5 Å². The van der Waals surface area contributed by atoms with Crippen LogP contribution in [0.2, 0.25) is 0 Å². The average molecular weight is 591 g/mol. The second-order valence-electron chi connectivity index (χ2n) is 8.58. The molecule has 4 aliphatic rings. The number of thioether (sulfide) groups is 7. The van der Waals surface area contributed by atoms with Crippen molar-refractivity contribution in [1.29, 1.82) is 0 Å². The molecular formula is C22H38O4S7. The second-order valence-corrected chi connectivity index (χ2v) is 16.9. The standard InChI is InChI=1S/C22H38O4S7/c1(27-9-17-5-23-17)3-29-13-21(15-31-11-19-7-25-19)33-22(16-32-12-20-8-26-20)14-30-4-2-28-10-18-6-24-18/h17-22H,1-16H2. The monoisotopic (exact) mass is 590 g/mol. The van der Waals surface area contributed by atoms with Gasteiger partial charge in [0.2, 0.25) is 0 Å². The van der Waals surface area contributed by atoms with Gasteiger partial charge in [-0.25, -0.2) is 0 Å². The highest BCUT2D eigenvalue weighted by atomic mass is 32.2. The van der Waals surface area contributed by atoms with E-state index in [1.807, 2.05) is 0 Å². The maximum absolute atomic E-state index is 5.43. The van der Waals surface area contributed by atoms with Gasteiger partial charge in [-0.15, -0.1) is 0 Å². The van der Waals surface area contributed by atoms with Gasteiger partial charge >= 0.3 is 0 Å². The molecule has 0 spiro atoms. The Balaban J connectivity index is 1.12. The highest BCUT2D eigenvalue weighted by Gasteiger charge is 2.26. The van der Waals surface area contributed by atoms with Gasteiger partial charge in [-0.1, -0.05) is 0 Å². The van der Waals surface area contributed by atoms with Crippen molar-refractivity contribution in [3.05, 3.63) is 0 Å². The number of rotatable bonds is 24. The molecule has 4 nitrogen and oxygen atoms in total. The van der Waals surface area contributed by atoms with Crippen LogP contribution in [0.5, 0.6) is 0 Å². The molecule has 6 atom stereocenters. The normalized spacial score (nSPS) is 29.1. The smallest absolute Gasteiger partial charge is 0.0900 e. The first-order valence-electron chi connectivity index (χ1n) is 11.9. The molecule has 0 saturated carbocycles. The Kier molecular flexibility index (Phi) is 14.6. The molecule has 0 N–H and O–H groups in total. The van der Waals surface area contributed by atoms with Crippen LogP contribution in [-0.2, 0) is 18.9 Å². The van der Waals surface area contributed by atoms with E-state index in [2.05, 4.69) is 82.3 Å². The summed E-state index contributed by atoms with van der Waals surface area (Å²) in [5.74, 6) is 14.8. The zero-order valence-corrected chi connectivity index (χ0v) is 25.0. The molecule has 0 aromatic carbocycles. The summed E-state index contributed by atoms with van der Waals surface area (Å²) in [6.07, 6.45) is 2.19. The average Bonchev–Trinajstić information content (AvgIpc) is 3.62. The first kappa shape index (κ1) is 28.3. The van der Waals surface area contributed by atoms with Crippen LogP contribution in [0.15, 0.2) is 0 Å². The number of hydrogen-bond acceptors (Lipinski definition) is 11. The molecule has 4 rings (SSSR count). The summed E-state index contributed by atoms with van der Waals surface area (Å²) in [5, 5.41) is 1.47. The Morgan fingerprint density at radius 3 is 1.12 bits per heavy atom. The lowest BCUT2D eigenvalue weighted by Gasteiger charge is -2.23.